The molecule has 1 aliphatic heterocycles. The number of hydrogen-bond acceptors (Lipinski definition) is 3. The SMILES string of the molecule is CC(C)CN1CC(C(=O)NCc2cccc(C(=O)O)c2)CC1=O. The number of carboxylic acids is 1. The summed E-state index contributed by atoms with van der Waals surface area (Å²) in [7, 11) is 0. The van der Waals surface area contributed by atoms with Gasteiger partial charge in [-0.05, 0) is 23.6 Å². The molecule has 0 aromatic heterocycles. The van der Waals surface area contributed by atoms with Gasteiger partial charge in [0.15, 0.2) is 0 Å². The predicted molar refractivity (Wildman–Crippen MR) is 84.8 cm³/mol. The predicted octanol–water partition coefficient (Wildman–Crippen LogP) is 1.51. The maximum Gasteiger partial charge on any atom is 0.335 e. The quantitative estimate of drug-likeness (QED) is 0.832. The summed E-state index contributed by atoms with van der Waals surface area (Å²) in [5, 5.41) is 11.7. The number of carbonyl (C=O) groups excluding carboxylic acids is 2. The van der Waals surface area contributed by atoms with E-state index in [0.717, 1.165) is 5.56 Å². The molecular weight excluding hydrogens is 296 g/mol. The molecule has 2 rings (SSSR count). The zero-order chi connectivity index (χ0) is 17.0. The number of carboxylic acid groups (broad SMARTS) is 1. The molecule has 2 N–H and O–H groups in total. The highest BCUT2D eigenvalue weighted by Crippen LogP contribution is 2.19. The first kappa shape index (κ1) is 17.0. The van der Waals surface area contributed by atoms with E-state index < -0.39 is 5.97 Å². The Morgan fingerprint density at radius 3 is 2.78 bits per heavy atom. The first-order valence-electron chi connectivity index (χ1n) is 7.74. The molecular formula is C17H22N2O4. The van der Waals surface area contributed by atoms with E-state index in [9.17, 15) is 14.4 Å². The van der Waals surface area contributed by atoms with E-state index in [2.05, 4.69) is 5.32 Å². The molecule has 1 heterocycles. The Labute approximate surface area is 135 Å². The fourth-order valence-electron chi connectivity index (χ4n) is 2.71. The van der Waals surface area contributed by atoms with E-state index in [1.54, 1.807) is 17.0 Å². The maximum absolute atomic E-state index is 12.2. The zero-order valence-electron chi connectivity index (χ0n) is 13.4. The third-order valence-corrected chi connectivity index (χ3v) is 3.81. The maximum atomic E-state index is 12.2. The molecule has 0 spiro atoms. The van der Waals surface area contributed by atoms with Gasteiger partial charge in [0.1, 0.15) is 0 Å². The van der Waals surface area contributed by atoms with Crippen molar-refractivity contribution in [3.05, 3.63) is 35.4 Å². The Kier molecular flexibility index (Phi) is 5.36. The van der Waals surface area contributed by atoms with Crippen LogP contribution < -0.4 is 5.32 Å². The van der Waals surface area contributed by atoms with E-state index in [0.29, 0.717) is 19.0 Å². The summed E-state index contributed by atoms with van der Waals surface area (Å²) in [5.41, 5.74) is 0.914. The van der Waals surface area contributed by atoms with Crippen molar-refractivity contribution in [3.8, 4) is 0 Å². The van der Waals surface area contributed by atoms with Crippen LogP contribution in [0.5, 0.6) is 0 Å². The lowest BCUT2D eigenvalue weighted by Crippen LogP contribution is -2.33. The minimum Gasteiger partial charge on any atom is -0.478 e. The number of nitrogens with zero attached hydrogens (tertiary/aromatic N) is 1. The van der Waals surface area contributed by atoms with Gasteiger partial charge in [-0.15, -0.1) is 0 Å². The number of benzene rings is 1. The van der Waals surface area contributed by atoms with Gasteiger partial charge in [0.05, 0.1) is 11.5 Å². The van der Waals surface area contributed by atoms with Crippen LogP contribution in [0, 0.1) is 11.8 Å². The lowest BCUT2D eigenvalue weighted by atomic mass is 10.1. The highest BCUT2D eigenvalue weighted by Gasteiger charge is 2.34. The largest absolute Gasteiger partial charge is 0.478 e. The molecule has 1 unspecified atom stereocenters. The van der Waals surface area contributed by atoms with Crippen LogP contribution >= 0.6 is 0 Å². The first-order chi connectivity index (χ1) is 10.9. The van der Waals surface area contributed by atoms with E-state index in [-0.39, 0.29) is 36.3 Å². The van der Waals surface area contributed by atoms with Gasteiger partial charge in [-0.1, -0.05) is 26.0 Å². The number of aromatic carboxylic acids is 1. The van der Waals surface area contributed by atoms with Crippen molar-refractivity contribution in [2.24, 2.45) is 11.8 Å². The van der Waals surface area contributed by atoms with Crippen molar-refractivity contribution < 1.29 is 19.5 Å². The number of rotatable bonds is 6. The molecule has 1 aliphatic rings. The Balaban J connectivity index is 1.89. The van der Waals surface area contributed by atoms with Crippen molar-refractivity contribution in [1.29, 1.82) is 0 Å². The molecule has 6 nitrogen and oxygen atoms in total. The molecule has 0 saturated carbocycles. The lowest BCUT2D eigenvalue weighted by molar-refractivity contribution is -0.129. The van der Waals surface area contributed by atoms with Gasteiger partial charge in [0.2, 0.25) is 11.8 Å². The fourth-order valence-corrected chi connectivity index (χ4v) is 2.71. The van der Waals surface area contributed by atoms with Crippen LogP contribution in [0.1, 0.15) is 36.2 Å². The smallest absolute Gasteiger partial charge is 0.335 e. The Morgan fingerprint density at radius 1 is 1.39 bits per heavy atom. The van der Waals surface area contributed by atoms with Crippen molar-refractivity contribution in [2.75, 3.05) is 13.1 Å². The fraction of sp³-hybridized carbons (Fsp3) is 0.471. The molecule has 2 amide bonds. The molecule has 124 valence electrons. The van der Waals surface area contributed by atoms with Gasteiger partial charge in [-0.2, -0.15) is 0 Å². The molecule has 1 atom stereocenters. The normalized spacial score (nSPS) is 17.6. The molecule has 1 aromatic rings. The number of hydrogen-bond donors (Lipinski definition) is 2. The summed E-state index contributed by atoms with van der Waals surface area (Å²) < 4.78 is 0. The monoisotopic (exact) mass is 318 g/mol. The van der Waals surface area contributed by atoms with Crippen molar-refractivity contribution in [3.63, 3.8) is 0 Å². The number of amides is 2. The highest BCUT2D eigenvalue weighted by molar-refractivity contribution is 5.89. The molecule has 23 heavy (non-hydrogen) atoms. The van der Waals surface area contributed by atoms with Gasteiger partial charge in [0.25, 0.3) is 0 Å². The second-order valence-corrected chi connectivity index (χ2v) is 6.32. The molecule has 1 saturated heterocycles. The average Bonchev–Trinajstić information content (AvgIpc) is 2.85. The Bertz CT molecular complexity index is 612. The third kappa shape index (κ3) is 4.55. The minimum atomic E-state index is -0.996. The Morgan fingerprint density at radius 2 is 2.13 bits per heavy atom. The number of likely N-dealkylation sites (tertiary alicyclic amines) is 1. The van der Waals surface area contributed by atoms with E-state index >= 15 is 0 Å². The summed E-state index contributed by atoms with van der Waals surface area (Å²) in [5.74, 6) is -1.09. The molecule has 6 heteroatoms. The average molecular weight is 318 g/mol. The van der Waals surface area contributed by atoms with Gasteiger partial charge in [0, 0.05) is 26.1 Å². The second kappa shape index (κ2) is 7.26. The number of carbonyl (C=O) groups is 3. The molecule has 0 radical (unpaired) electrons. The number of nitrogens with one attached hydrogen (secondary N) is 1. The van der Waals surface area contributed by atoms with E-state index in [4.69, 9.17) is 5.11 Å². The van der Waals surface area contributed by atoms with Crippen molar-refractivity contribution in [2.45, 2.75) is 26.8 Å². The molecule has 1 fully saturated rings. The first-order valence-corrected chi connectivity index (χ1v) is 7.74. The summed E-state index contributed by atoms with van der Waals surface area (Å²) in [6.07, 6.45) is 0.244. The lowest BCUT2D eigenvalue weighted by Gasteiger charge is -2.18. The van der Waals surface area contributed by atoms with Gasteiger partial charge >= 0.3 is 5.97 Å². The van der Waals surface area contributed by atoms with Crippen LogP contribution in [0.3, 0.4) is 0 Å². The van der Waals surface area contributed by atoms with Crippen molar-refractivity contribution >= 4 is 17.8 Å². The zero-order valence-corrected chi connectivity index (χ0v) is 13.4. The Hall–Kier alpha value is -2.37. The second-order valence-electron chi connectivity index (χ2n) is 6.32. The van der Waals surface area contributed by atoms with Gasteiger partial charge < -0.3 is 15.3 Å². The van der Waals surface area contributed by atoms with Crippen LogP contribution in [0.25, 0.3) is 0 Å². The summed E-state index contributed by atoms with van der Waals surface area (Å²) in [6, 6.07) is 6.45. The van der Waals surface area contributed by atoms with Gasteiger partial charge in [-0.25, -0.2) is 4.79 Å². The van der Waals surface area contributed by atoms with Crippen molar-refractivity contribution in [1.82, 2.24) is 10.2 Å². The summed E-state index contributed by atoms with van der Waals surface area (Å²) in [6.45, 7) is 5.46. The van der Waals surface area contributed by atoms with Crippen LogP contribution in [-0.2, 0) is 16.1 Å². The highest BCUT2D eigenvalue weighted by atomic mass is 16.4. The van der Waals surface area contributed by atoms with Crippen LogP contribution in [-0.4, -0.2) is 40.9 Å². The topological polar surface area (TPSA) is 86.7 Å². The minimum absolute atomic E-state index is 0.0201. The van der Waals surface area contributed by atoms with Crippen LogP contribution in [0.15, 0.2) is 24.3 Å². The van der Waals surface area contributed by atoms with E-state index in [1.807, 2.05) is 13.8 Å². The van der Waals surface area contributed by atoms with Crippen LogP contribution in [0.4, 0.5) is 0 Å². The molecule has 1 aromatic carbocycles. The third-order valence-electron chi connectivity index (χ3n) is 3.81. The molecule has 0 aliphatic carbocycles. The van der Waals surface area contributed by atoms with Gasteiger partial charge in [-0.3, -0.25) is 9.59 Å². The summed E-state index contributed by atoms with van der Waals surface area (Å²) in [4.78, 5) is 36.8. The molecule has 0 bridgehead atoms. The van der Waals surface area contributed by atoms with E-state index in [1.165, 1.54) is 12.1 Å². The van der Waals surface area contributed by atoms with Crippen LogP contribution in [0.2, 0.25) is 0 Å². The standard InChI is InChI=1S/C17H22N2O4/c1-11(2)9-19-10-14(7-15(19)20)16(21)18-8-12-4-3-5-13(6-12)17(22)23/h3-6,11,14H,7-10H2,1-2H3,(H,18,21)(H,22,23). The summed E-state index contributed by atoms with van der Waals surface area (Å²) >= 11 is 0.